The van der Waals surface area contributed by atoms with E-state index in [4.69, 9.17) is 27.6 Å². The molecule has 4 nitrogen and oxygen atoms in total. The van der Waals surface area contributed by atoms with Crippen LogP contribution in [0.5, 0.6) is 0 Å². The van der Waals surface area contributed by atoms with Gasteiger partial charge in [-0.2, -0.15) is 0 Å². The van der Waals surface area contributed by atoms with Crippen molar-refractivity contribution in [3.8, 4) is 0 Å². The molecule has 1 heterocycles. The molecular formula is C12H14Cl2N2O2. The van der Waals surface area contributed by atoms with Crippen molar-refractivity contribution in [2.45, 2.75) is 25.5 Å². The van der Waals surface area contributed by atoms with Crippen LogP contribution in [0.25, 0.3) is 11.1 Å². The van der Waals surface area contributed by atoms with Gasteiger partial charge < -0.3 is 14.8 Å². The fraction of sp³-hybridized carbons (Fsp3) is 0.417. The molecule has 0 fully saturated rings. The van der Waals surface area contributed by atoms with Crippen LogP contribution in [0.4, 0.5) is 0 Å². The second-order valence-corrected chi connectivity index (χ2v) is 4.88. The molecule has 1 aromatic carbocycles. The Kier molecular flexibility index (Phi) is 4.12. The number of nitrogens with zero attached hydrogens (tertiary/aromatic N) is 1. The van der Waals surface area contributed by atoms with E-state index in [-0.39, 0.29) is 11.9 Å². The SMILES string of the molecule is CC[C@H](NC)C(O)c1nc2cc(Cl)cc(Cl)c2o1. The Labute approximate surface area is 115 Å². The Morgan fingerprint density at radius 2 is 2.17 bits per heavy atom. The van der Waals surface area contributed by atoms with Gasteiger partial charge in [0.05, 0.1) is 5.02 Å². The zero-order valence-electron chi connectivity index (χ0n) is 10.1. The van der Waals surface area contributed by atoms with Crippen LogP contribution >= 0.6 is 23.2 Å². The minimum Gasteiger partial charge on any atom is -0.436 e. The number of nitrogens with one attached hydrogen (secondary N) is 1. The standard InChI is InChI=1S/C12H14Cl2N2O2/c1-3-8(15-2)10(17)12-16-9-5-6(13)4-7(14)11(9)18-12/h4-5,8,10,15,17H,3H2,1-2H3/t8-,10?/m0/s1. The van der Waals surface area contributed by atoms with Gasteiger partial charge in [0.25, 0.3) is 0 Å². The molecule has 0 saturated heterocycles. The molecule has 2 N–H and O–H groups in total. The van der Waals surface area contributed by atoms with Gasteiger partial charge in [0, 0.05) is 11.1 Å². The van der Waals surface area contributed by atoms with Crippen LogP contribution in [-0.4, -0.2) is 23.2 Å². The van der Waals surface area contributed by atoms with E-state index in [9.17, 15) is 5.11 Å². The van der Waals surface area contributed by atoms with Crippen molar-refractivity contribution < 1.29 is 9.52 Å². The summed E-state index contributed by atoms with van der Waals surface area (Å²) in [6.45, 7) is 1.97. The predicted octanol–water partition coefficient (Wildman–Crippen LogP) is 3.17. The number of halogens is 2. The normalized spacial score (nSPS) is 14.9. The van der Waals surface area contributed by atoms with Gasteiger partial charge in [-0.3, -0.25) is 0 Å². The topological polar surface area (TPSA) is 58.3 Å². The highest BCUT2D eigenvalue weighted by Crippen LogP contribution is 2.31. The number of fused-ring (bicyclic) bond motifs is 1. The molecule has 0 aliphatic carbocycles. The van der Waals surface area contributed by atoms with E-state index in [0.717, 1.165) is 6.42 Å². The van der Waals surface area contributed by atoms with Crippen LogP contribution in [0.15, 0.2) is 16.5 Å². The highest BCUT2D eigenvalue weighted by molar-refractivity contribution is 6.37. The van der Waals surface area contributed by atoms with Gasteiger partial charge in [-0.1, -0.05) is 30.1 Å². The van der Waals surface area contributed by atoms with Crippen LogP contribution in [0.3, 0.4) is 0 Å². The Hall–Kier alpha value is -0.810. The van der Waals surface area contributed by atoms with Crippen molar-refractivity contribution in [1.82, 2.24) is 10.3 Å². The summed E-state index contributed by atoms with van der Waals surface area (Å²) in [7, 11) is 1.78. The van der Waals surface area contributed by atoms with E-state index in [2.05, 4.69) is 10.3 Å². The van der Waals surface area contributed by atoms with Crippen LogP contribution in [-0.2, 0) is 0 Å². The predicted molar refractivity (Wildman–Crippen MR) is 72.1 cm³/mol. The van der Waals surface area contributed by atoms with E-state index in [0.29, 0.717) is 21.1 Å². The lowest BCUT2D eigenvalue weighted by Crippen LogP contribution is -2.31. The number of oxazole rings is 1. The average Bonchev–Trinajstić information content (AvgIpc) is 2.74. The fourth-order valence-electron chi connectivity index (χ4n) is 1.86. The molecular weight excluding hydrogens is 275 g/mol. The van der Waals surface area contributed by atoms with Crippen LogP contribution in [0.1, 0.15) is 25.3 Å². The molecule has 0 amide bonds. The van der Waals surface area contributed by atoms with Crippen molar-refractivity contribution >= 4 is 34.3 Å². The number of aliphatic hydroxyl groups is 1. The second kappa shape index (κ2) is 5.45. The second-order valence-electron chi connectivity index (χ2n) is 4.04. The van der Waals surface area contributed by atoms with Gasteiger partial charge in [-0.25, -0.2) is 4.98 Å². The molecule has 1 unspecified atom stereocenters. The first kappa shape index (κ1) is 13.6. The number of aromatic nitrogens is 1. The maximum absolute atomic E-state index is 10.1. The maximum atomic E-state index is 10.1. The van der Waals surface area contributed by atoms with E-state index in [1.165, 1.54) is 0 Å². The number of benzene rings is 1. The van der Waals surface area contributed by atoms with Crippen LogP contribution < -0.4 is 5.32 Å². The molecule has 0 radical (unpaired) electrons. The zero-order chi connectivity index (χ0) is 13.3. The minimum absolute atomic E-state index is 0.118. The van der Waals surface area contributed by atoms with Crippen molar-refractivity contribution in [3.63, 3.8) is 0 Å². The smallest absolute Gasteiger partial charge is 0.226 e. The van der Waals surface area contributed by atoms with E-state index in [1.54, 1.807) is 19.2 Å². The maximum Gasteiger partial charge on any atom is 0.226 e. The van der Waals surface area contributed by atoms with Gasteiger partial charge in [0.2, 0.25) is 5.89 Å². The average molecular weight is 289 g/mol. The van der Waals surface area contributed by atoms with Gasteiger partial charge in [-0.15, -0.1) is 0 Å². The molecule has 2 atom stereocenters. The number of rotatable bonds is 4. The Balaban J connectivity index is 2.44. The van der Waals surface area contributed by atoms with Gasteiger partial charge >= 0.3 is 0 Å². The van der Waals surface area contributed by atoms with E-state index < -0.39 is 6.10 Å². The van der Waals surface area contributed by atoms with Crippen LogP contribution in [0, 0.1) is 0 Å². The van der Waals surface area contributed by atoms with Gasteiger partial charge in [0.1, 0.15) is 11.6 Å². The molecule has 2 rings (SSSR count). The third-order valence-corrected chi connectivity index (χ3v) is 3.37. The Morgan fingerprint density at radius 3 is 2.78 bits per heavy atom. The van der Waals surface area contributed by atoms with Crippen molar-refractivity contribution in [2.75, 3.05) is 7.05 Å². The summed E-state index contributed by atoms with van der Waals surface area (Å²) in [5, 5.41) is 14.0. The quantitative estimate of drug-likeness (QED) is 0.907. The monoisotopic (exact) mass is 288 g/mol. The molecule has 0 aliphatic rings. The van der Waals surface area contributed by atoms with Crippen molar-refractivity contribution in [3.05, 3.63) is 28.1 Å². The Morgan fingerprint density at radius 1 is 1.44 bits per heavy atom. The first-order valence-corrected chi connectivity index (χ1v) is 6.43. The lowest BCUT2D eigenvalue weighted by atomic mass is 10.1. The highest BCUT2D eigenvalue weighted by atomic mass is 35.5. The molecule has 0 bridgehead atoms. The molecule has 1 aromatic heterocycles. The third kappa shape index (κ3) is 2.47. The first-order chi connectivity index (χ1) is 8.56. The van der Waals surface area contributed by atoms with E-state index in [1.807, 2.05) is 6.92 Å². The lowest BCUT2D eigenvalue weighted by molar-refractivity contribution is 0.103. The van der Waals surface area contributed by atoms with E-state index >= 15 is 0 Å². The summed E-state index contributed by atoms with van der Waals surface area (Å²) >= 11 is 11.9. The minimum atomic E-state index is -0.817. The van der Waals surface area contributed by atoms with Crippen molar-refractivity contribution in [2.24, 2.45) is 0 Å². The fourth-order valence-corrected chi connectivity index (χ4v) is 2.38. The summed E-state index contributed by atoms with van der Waals surface area (Å²) in [6.07, 6.45) is -0.0625. The van der Waals surface area contributed by atoms with Crippen LogP contribution in [0.2, 0.25) is 10.0 Å². The summed E-state index contributed by atoms with van der Waals surface area (Å²) in [5.41, 5.74) is 0.994. The first-order valence-electron chi connectivity index (χ1n) is 5.67. The number of hydrogen-bond acceptors (Lipinski definition) is 4. The molecule has 0 saturated carbocycles. The highest BCUT2D eigenvalue weighted by Gasteiger charge is 2.23. The van der Waals surface area contributed by atoms with Gasteiger partial charge in [-0.05, 0) is 25.6 Å². The molecule has 0 spiro atoms. The lowest BCUT2D eigenvalue weighted by Gasteiger charge is -2.17. The summed E-state index contributed by atoms with van der Waals surface area (Å²) in [6, 6.07) is 3.12. The van der Waals surface area contributed by atoms with Gasteiger partial charge in [0.15, 0.2) is 5.58 Å². The largest absolute Gasteiger partial charge is 0.436 e. The number of hydrogen-bond donors (Lipinski definition) is 2. The van der Waals surface area contributed by atoms with Crippen molar-refractivity contribution in [1.29, 1.82) is 0 Å². The Bertz CT molecular complexity index is 552. The number of likely N-dealkylation sites (N-methyl/N-ethyl adjacent to an activating group) is 1. The summed E-state index contributed by atoms with van der Waals surface area (Å²) in [4.78, 5) is 4.23. The molecule has 2 aromatic rings. The molecule has 98 valence electrons. The third-order valence-electron chi connectivity index (χ3n) is 2.87. The molecule has 18 heavy (non-hydrogen) atoms. The molecule has 6 heteroatoms. The molecule has 0 aliphatic heterocycles. The summed E-state index contributed by atoms with van der Waals surface area (Å²) in [5.74, 6) is 0.246. The summed E-state index contributed by atoms with van der Waals surface area (Å²) < 4.78 is 5.51. The number of aliphatic hydroxyl groups excluding tert-OH is 1. The zero-order valence-corrected chi connectivity index (χ0v) is 11.6.